The molecule has 22 heavy (non-hydrogen) atoms. The fourth-order valence-electron chi connectivity index (χ4n) is 2.43. The van der Waals surface area contributed by atoms with E-state index in [-0.39, 0.29) is 18.2 Å². The van der Waals surface area contributed by atoms with Crippen LogP contribution in [0.5, 0.6) is 0 Å². The number of nitrogens with one attached hydrogen (secondary N) is 1. The van der Waals surface area contributed by atoms with Gasteiger partial charge in [0.15, 0.2) is 0 Å². The van der Waals surface area contributed by atoms with Crippen molar-refractivity contribution in [2.45, 2.75) is 31.9 Å². The summed E-state index contributed by atoms with van der Waals surface area (Å²) in [6.45, 7) is 7.26. The number of aliphatic hydroxyl groups excluding tert-OH is 1. The molecule has 1 fully saturated rings. The van der Waals surface area contributed by atoms with E-state index in [1.165, 1.54) is 0 Å². The third kappa shape index (κ3) is 4.32. The Morgan fingerprint density at radius 3 is 3.05 bits per heavy atom. The maximum Gasteiger partial charge on any atom is 0.414 e. The number of hydrogen-bond donors (Lipinski definition) is 2. The number of aliphatic hydroxyl groups is 1. The number of anilines is 1. The molecule has 2 rings (SSSR count). The summed E-state index contributed by atoms with van der Waals surface area (Å²) in [6.07, 6.45) is 2.66. The van der Waals surface area contributed by atoms with Gasteiger partial charge in [0.25, 0.3) is 0 Å². The molecule has 0 spiro atoms. The van der Waals surface area contributed by atoms with Crippen molar-refractivity contribution in [3.8, 4) is 0 Å². The Morgan fingerprint density at radius 1 is 1.55 bits per heavy atom. The largest absolute Gasteiger partial charge is 0.447 e. The Kier molecular flexibility index (Phi) is 5.98. The third-order valence-corrected chi connectivity index (χ3v) is 3.81. The van der Waals surface area contributed by atoms with Crippen LogP contribution in [-0.4, -0.2) is 37.0 Å². The molecule has 0 bridgehead atoms. The smallest absolute Gasteiger partial charge is 0.414 e. The molecule has 5 nitrogen and oxygen atoms in total. The fraction of sp³-hybridized carbons (Fsp3) is 0.471. The number of hydrogen-bond acceptors (Lipinski definition) is 4. The first-order valence-corrected chi connectivity index (χ1v) is 7.68. The summed E-state index contributed by atoms with van der Waals surface area (Å²) >= 11 is 0. The summed E-state index contributed by atoms with van der Waals surface area (Å²) in [6, 6.07) is 7.93. The second kappa shape index (κ2) is 7.96. The van der Waals surface area contributed by atoms with Crippen LogP contribution in [0.2, 0.25) is 0 Å². The van der Waals surface area contributed by atoms with Gasteiger partial charge in [-0.2, -0.15) is 0 Å². The fourth-order valence-corrected chi connectivity index (χ4v) is 2.43. The lowest BCUT2D eigenvalue weighted by atomic mass is 10.1. The molecule has 1 saturated heterocycles. The van der Waals surface area contributed by atoms with Gasteiger partial charge in [0.05, 0.1) is 12.6 Å². The maximum absolute atomic E-state index is 11.6. The zero-order chi connectivity index (χ0) is 15.9. The topological polar surface area (TPSA) is 61.8 Å². The Hall–Kier alpha value is -1.85. The summed E-state index contributed by atoms with van der Waals surface area (Å²) < 4.78 is 4.97. The highest BCUT2D eigenvalue weighted by atomic mass is 16.6. The molecule has 0 aromatic heterocycles. The van der Waals surface area contributed by atoms with E-state index < -0.39 is 0 Å². The van der Waals surface area contributed by atoms with Crippen LogP contribution in [0.15, 0.2) is 36.9 Å². The van der Waals surface area contributed by atoms with Gasteiger partial charge in [-0.15, -0.1) is 6.58 Å². The molecule has 1 aliphatic rings. The lowest BCUT2D eigenvalue weighted by Crippen LogP contribution is -2.29. The molecular weight excluding hydrogens is 280 g/mol. The number of cyclic esters (lactones) is 1. The minimum absolute atomic E-state index is 0.0944. The lowest BCUT2D eigenvalue weighted by Gasteiger charge is -2.19. The normalized spacial score (nSPS) is 17.2. The monoisotopic (exact) mass is 304 g/mol. The molecule has 2 N–H and O–H groups in total. The quantitative estimate of drug-likeness (QED) is 0.725. The van der Waals surface area contributed by atoms with E-state index in [2.05, 4.69) is 11.9 Å². The number of nitrogens with zero attached hydrogens (tertiary/aromatic N) is 1. The minimum atomic E-state index is -0.378. The first-order valence-electron chi connectivity index (χ1n) is 7.68. The van der Waals surface area contributed by atoms with Crippen molar-refractivity contribution < 1.29 is 14.6 Å². The Balaban J connectivity index is 1.93. The second-order valence-electron chi connectivity index (χ2n) is 5.51. The van der Waals surface area contributed by atoms with E-state index in [0.717, 1.165) is 17.7 Å². The highest BCUT2D eigenvalue weighted by Gasteiger charge is 2.23. The van der Waals surface area contributed by atoms with E-state index in [1.807, 2.05) is 37.3 Å². The number of allylic oxidation sites excluding steroid dienone is 1. The van der Waals surface area contributed by atoms with E-state index >= 15 is 0 Å². The molecule has 2 unspecified atom stereocenters. The first kappa shape index (κ1) is 16.5. The summed E-state index contributed by atoms with van der Waals surface area (Å²) in [5.74, 6) is 0. The van der Waals surface area contributed by atoms with Gasteiger partial charge in [-0.3, -0.25) is 4.90 Å². The predicted molar refractivity (Wildman–Crippen MR) is 87.0 cm³/mol. The van der Waals surface area contributed by atoms with Crippen molar-refractivity contribution in [1.82, 2.24) is 5.32 Å². The zero-order valence-electron chi connectivity index (χ0n) is 13.0. The van der Waals surface area contributed by atoms with Crippen LogP contribution in [0.1, 0.15) is 31.4 Å². The van der Waals surface area contributed by atoms with Crippen molar-refractivity contribution in [2.75, 3.05) is 24.6 Å². The van der Waals surface area contributed by atoms with Gasteiger partial charge in [-0.1, -0.05) is 18.2 Å². The average Bonchev–Trinajstić information content (AvgIpc) is 2.96. The molecule has 0 saturated carbocycles. The Bertz CT molecular complexity index is 518. The van der Waals surface area contributed by atoms with Crippen molar-refractivity contribution in [1.29, 1.82) is 0 Å². The highest BCUT2D eigenvalue weighted by Crippen LogP contribution is 2.23. The number of rotatable bonds is 8. The number of benzene rings is 1. The molecule has 1 heterocycles. The lowest BCUT2D eigenvalue weighted by molar-refractivity contribution is 0.159. The van der Waals surface area contributed by atoms with Gasteiger partial charge < -0.3 is 15.2 Å². The zero-order valence-corrected chi connectivity index (χ0v) is 13.0. The van der Waals surface area contributed by atoms with Crippen LogP contribution in [0.3, 0.4) is 0 Å². The first-order chi connectivity index (χ1) is 10.6. The SMILES string of the molecule is C=CCCC(O)CNC(C)c1cccc(N2CCOC2=O)c1. The Labute approximate surface area is 131 Å². The van der Waals surface area contributed by atoms with Crippen molar-refractivity contribution in [3.63, 3.8) is 0 Å². The van der Waals surface area contributed by atoms with Crippen molar-refractivity contribution in [3.05, 3.63) is 42.5 Å². The molecule has 5 heteroatoms. The van der Waals surface area contributed by atoms with Crippen LogP contribution in [0.4, 0.5) is 10.5 Å². The summed E-state index contributed by atoms with van der Waals surface area (Å²) in [7, 11) is 0. The second-order valence-corrected chi connectivity index (χ2v) is 5.51. The van der Waals surface area contributed by atoms with Crippen LogP contribution >= 0.6 is 0 Å². The molecule has 1 aliphatic heterocycles. The summed E-state index contributed by atoms with van der Waals surface area (Å²) in [5.41, 5.74) is 1.92. The van der Waals surface area contributed by atoms with Gasteiger partial charge in [-0.05, 0) is 37.5 Å². The summed E-state index contributed by atoms with van der Waals surface area (Å²) in [5, 5.41) is 13.2. The van der Waals surface area contributed by atoms with Gasteiger partial charge >= 0.3 is 6.09 Å². The van der Waals surface area contributed by atoms with Crippen LogP contribution in [0, 0.1) is 0 Å². The average molecular weight is 304 g/mol. The molecule has 1 amide bonds. The molecule has 0 aliphatic carbocycles. The minimum Gasteiger partial charge on any atom is -0.447 e. The van der Waals surface area contributed by atoms with Gasteiger partial charge in [-0.25, -0.2) is 4.79 Å². The molecule has 2 atom stereocenters. The number of amides is 1. The standard InChI is InChI=1S/C17H24N2O3/c1-3-4-8-16(20)12-18-13(2)14-6-5-7-15(11-14)19-9-10-22-17(19)21/h3,5-7,11,13,16,18,20H,1,4,8-10,12H2,2H3. The van der Waals surface area contributed by atoms with Crippen LogP contribution < -0.4 is 10.2 Å². The van der Waals surface area contributed by atoms with Gasteiger partial charge in [0, 0.05) is 18.3 Å². The predicted octanol–water partition coefficient (Wildman–Crippen LogP) is 2.62. The van der Waals surface area contributed by atoms with Gasteiger partial charge in [0.1, 0.15) is 6.61 Å². The number of carbonyl (C=O) groups excluding carboxylic acids is 1. The summed E-state index contributed by atoms with van der Waals surface area (Å²) in [4.78, 5) is 13.3. The number of ether oxygens (including phenoxy) is 1. The molecule has 1 aromatic carbocycles. The van der Waals surface area contributed by atoms with E-state index in [9.17, 15) is 9.90 Å². The van der Waals surface area contributed by atoms with Crippen LogP contribution in [-0.2, 0) is 4.74 Å². The highest BCUT2D eigenvalue weighted by molar-refractivity contribution is 5.89. The van der Waals surface area contributed by atoms with E-state index in [1.54, 1.807) is 4.90 Å². The molecule has 120 valence electrons. The molecule has 1 aromatic rings. The van der Waals surface area contributed by atoms with Gasteiger partial charge in [0.2, 0.25) is 0 Å². The molecule has 0 radical (unpaired) electrons. The van der Waals surface area contributed by atoms with E-state index in [0.29, 0.717) is 26.1 Å². The number of carbonyl (C=O) groups is 1. The van der Waals surface area contributed by atoms with Crippen molar-refractivity contribution in [2.24, 2.45) is 0 Å². The maximum atomic E-state index is 11.6. The molecular formula is C17H24N2O3. The van der Waals surface area contributed by atoms with Crippen LogP contribution in [0.25, 0.3) is 0 Å². The third-order valence-electron chi connectivity index (χ3n) is 3.81. The van der Waals surface area contributed by atoms with E-state index in [4.69, 9.17) is 4.74 Å². The Morgan fingerprint density at radius 2 is 2.36 bits per heavy atom. The van der Waals surface area contributed by atoms with Crippen molar-refractivity contribution >= 4 is 11.8 Å².